The molecule has 1 N–H and O–H groups in total. The highest BCUT2D eigenvalue weighted by Crippen LogP contribution is 2.47. The molecule has 1 heterocycles. The highest BCUT2D eigenvalue weighted by molar-refractivity contribution is 5.74. The summed E-state index contributed by atoms with van der Waals surface area (Å²) < 4.78 is 40.5. The van der Waals surface area contributed by atoms with Gasteiger partial charge in [-0.25, -0.2) is 4.68 Å². The third-order valence-corrected chi connectivity index (χ3v) is 5.75. The van der Waals surface area contributed by atoms with E-state index in [0.717, 1.165) is 23.2 Å². The molecule has 1 unspecified atom stereocenters. The number of nitrogens with zero attached hydrogens (tertiary/aromatic N) is 3. The Morgan fingerprint density at radius 3 is 2.07 bits per heavy atom. The first kappa shape index (κ1) is 20.2. The van der Waals surface area contributed by atoms with Crippen molar-refractivity contribution in [1.29, 1.82) is 0 Å². The standard InChI is InChI=1S/C21H25F3N4/c1-19(2,3)20(4,5)18(28-17-9-7-6-8-16(17)26-27-28)25-15-12-10-14(11-13-15)21(22,23)24/h6-13,18,25H,1-5H3. The van der Waals surface area contributed by atoms with Gasteiger partial charge in [0.25, 0.3) is 0 Å². The Kier molecular flexibility index (Phi) is 4.89. The van der Waals surface area contributed by atoms with Crippen molar-refractivity contribution in [1.82, 2.24) is 15.0 Å². The molecule has 0 bridgehead atoms. The number of hydrogen-bond donors (Lipinski definition) is 1. The van der Waals surface area contributed by atoms with E-state index in [-0.39, 0.29) is 17.0 Å². The van der Waals surface area contributed by atoms with E-state index in [1.165, 1.54) is 12.1 Å². The molecule has 0 saturated carbocycles. The Hall–Kier alpha value is -2.57. The Morgan fingerprint density at radius 1 is 0.893 bits per heavy atom. The number of para-hydroxylation sites is 1. The maximum atomic E-state index is 12.9. The molecule has 2 aromatic carbocycles. The van der Waals surface area contributed by atoms with E-state index in [2.05, 4.69) is 50.2 Å². The number of benzene rings is 2. The van der Waals surface area contributed by atoms with Crippen molar-refractivity contribution in [2.75, 3.05) is 5.32 Å². The molecule has 0 amide bonds. The van der Waals surface area contributed by atoms with E-state index in [1.807, 2.05) is 28.9 Å². The minimum absolute atomic E-state index is 0.121. The molecule has 0 aliphatic heterocycles. The molecule has 0 aliphatic carbocycles. The molecule has 0 saturated heterocycles. The van der Waals surface area contributed by atoms with Gasteiger partial charge in [0.05, 0.1) is 11.1 Å². The topological polar surface area (TPSA) is 42.7 Å². The molecule has 1 atom stereocenters. The van der Waals surface area contributed by atoms with Crippen LogP contribution < -0.4 is 5.32 Å². The Bertz CT molecular complexity index is 950. The lowest BCUT2D eigenvalue weighted by atomic mass is 9.67. The SMILES string of the molecule is CC(C)(C)C(C)(C)C(Nc1ccc(C(F)(F)F)cc1)n1nnc2ccccc21. The molecule has 3 aromatic rings. The molecule has 4 nitrogen and oxygen atoms in total. The summed E-state index contributed by atoms with van der Waals surface area (Å²) in [7, 11) is 0. The third-order valence-electron chi connectivity index (χ3n) is 5.75. The van der Waals surface area contributed by atoms with Crippen molar-refractivity contribution in [3.8, 4) is 0 Å². The van der Waals surface area contributed by atoms with E-state index in [4.69, 9.17) is 0 Å². The first-order chi connectivity index (χ1) is 12.9. The second kappa shape index (κ2) is 6.79. The molecular weight excluding hydrogens is 365 g/mol. The van der Waals surface area contributed by atoms with E-state index >= 15 is 0 Å². The zero-order chi connectivity index (χ0) is 20.7. The van der Waals surface area contributed by atoms with Crippen LogP contribution in [-0.2, 0) is 6.18 Å². The van der Waals surface area contributed by atoms with Crippen LogP contribution in [0.2, 0.25) is 0 Å². The summed E-state index contributed by atoms with van der Waals surface area (Å²) in [5, 5.41) is 12.0. The highest BCUT2D eigenvalue weighted by atomic mass is 19.4. The fourth-order valence-electron chi connectivity index (χ4n) is 2.95. The zero-order valence-corrected chi connectivity index (χ0v) is 16.7. The molecule has 3 rings (SSSR count). The predicted octanol–water partition coefficient (Wildman–Crippen LogP) is 6.13. The van der Waals surface area contributed by atoms with Crippen LogP contribution in [0.25, 0.3) is 11.0 Å². The maximum absolute atomic E-state index is 12.9. The number of anilines is 1. The molecule has 1 aromatic heterocycles. The van der Waals surface area contributed by atoms with Crippen molar-refractivity contribution in [2.45, 2.75) is 47.0 Å². The van der Waals surface area contributed by atoms with Crippen LogP contribution in [0.1, 0.15) is 46.3 Å². The molecule has 0 spiro atoms. The summed E-state index contributed by atoms with van der Waals surface area (Å²) in [6, 6.07) is 12.7. The van der Waals surface area contributed by atoms with Crippen molar-refractivity contribution in [3.63, 3.8) is 0 Å². The van der Waals surface area contributed by atoms with Crippen LogP contribution in [0.15, 0.2) is 48.5 Å². The van der Waals surface area contributed by atoms with Crippen molar-refractivity contribution < 1.29 is 13.2 Å². The molecule has 7 heteroatoms. The van der Waals surface area contributed by atoms with Crippen LogP contribution in [-0.4, -0.2) is 15.0 Å². The summed E-state index contributed by atoms with van der Waals surface area (Å²) in [5.41, 5.74) is 1.12. The number of fused-ring (bicyclic) bond motifs is 1. The number of alkyl halides is 3. The molecule has 0 radical (unpaired) electrons. The van der Waals surface area contributed by atoms with Gasteiger partial charge in [-0.3, -0.25) is 0 Å². The number of nitrogens with one attached hydrogen (secondary N) is 1. The van der Waals surface area contributed by atoms with Crippen LogP contribution in [0.3, 0.4) is 0 Å². The second-order valence-corrected chi connectivity index (χ2v) is 8.62. The van der Waals surface area contributed by atoms with Crippen molar-refractivity contribution >= 4 is 16.7 Å². The quantitative estimate of drug-likeness (QED) is 0.582. The third kappa shape index (κ3) is 3.70. The molecule has 0 aliphatic rings. The number of rotatable bonds is 4. The van der Waals surface area contributed by atoms with Crippen LogP contribution in [0.4, 0.5) is 18.9 Å². The number of aromatic nitrogens is 3. The Morgan fingerprint density at radius 2 is 1.50 bits per heavy atom. The van der Waals surface area contributed by atoms with Gasteiger partial charge in [0.1, 0.15) is 11.7 Å². The minimum atomic E-state index is -4.36. The minimum Gasteiger partial charge on any atom is -0.363 e. The largest absolute Gasteiger partial charge is 0.416 e. The lowest BCUT2D eigenvalue weighted by Gasteiger charge is -2.45. The summed E-state index contributed by atoms with van der Waals surface area (Å²) in [5.74, 6) is 0. The summed E-state index contributed by atoms with van der Waals surface area (Å²) >= 11 is 0. The summed E-state index contributed by atoms with van der Waals surface area (Å²) in [4.78, 5) is 0. The highest BCUT2D eigenvalue weighted by Gasteiger charge is 2.42. The smallest absolute Gasteiger partial charge is 0.363 e. The number of halogens is 3. The van der Waals surface area contributed by atoms with Crippen LogP contribution in [0.5, 0.6) is 0 Å². The number of hydrogen-bond acceptors (Lipinski definition) is 3. The van der Waals surface area contributed by atoms with Crippen molar-refractivity contribution in [2.24, 2.45) is 10.8 Å². The van der Waals surface area contributed by atoms with Gasteiger partial charge in [0.15, 0.2) is 0 Å². The maximum Gasteiger partial charge on any atom is 0.416 e. The Labute approximate surface area is 162 Å². The molecular formula is C21H25F3N4. The second-order valence-electron chi connectivity index (χ2n) is 8.62. The normalized spacial score (nSPS) is 14.3. The summed E-state index contributed by atoms with van der Waals surface area (Å²) in [6.45, 7) is 10.6. The van der Waals surface area contributed by atoms with Crippen molar-refractivity contribution in [3.05, 3.63) is 54.1 Å². The molecule has 28 heavy (non-hydrogen) atoms. The van der Waals surface area contributed by atoms with E-state index in [0.29, 0.717) is 5.69 Å². The fraction of sp³-hybridized carbons (Fsp3) is 0.429. The van der Waals surface area contributed by atoms with E-state index in [1.54, 1.807) is 0 Å². The zero-order valence-electron chi connectivity index (χ0n) is 16.7. The molecule has 150 valence electrons. The van der Waals surface area contributed by atoms with Gasteiger partial charge >= 0.3 is 6.18 Å². The van der Waals surface area contributed by atoms with Gasteiger partial charge in [-0.15, -0.1) is 5.10 Å². The monoisotopic (exact) mass is 390 g/mol. The van der Waals surface area contributed by atoms with Gasteiger partial charge in [-0.1, -0.05) is 52.0 Å². The predicted molar refractivity (Wildman–Crippen MR) is 105 cm³/mol. The van der Waals surface area contributed by atoms with Gasteiger partial charge in [-0.2, -0.15) is 13.2 Å². The lowest BCUT2D eigenvalue weighted by molar-refractivity contribution is -0.137. The van der Waals surface area contributed by atoms with E-state index in [9.17, 15) is 13.2 Å². The van der Waals surface area contributed by atoms with Crippen LogP contribution >= 0.6 is 0 Å². The average Bonchev–Trinajstić information content (AvgIpc) is 3.02. The molecule has 0 fully saturated rings. The van der Waals surface area contributed by atoms with Gasteiger partial charge in [0, 0.05) is 11.1 Å². The van der Waals surface area contributed by atoms with Gasteiger partial charge in [0.2, 0.25) is 0 Å². The van der Waals surface area contributed by atoms with E-state index < -0.39 is 11.7 Å². The summed E-state index contributed by atoms with van der Waals surface area (Å²) in [6.07, 6.45) is -4.68. The van der Waals surface area contributed by atoms with Gasteiger partial charge in [-0.05, 0) is 41.8 Å². The Balaban J connectivity index is 2.05. The average molecular weight is 390 g/mol. The van der Waals surface area contributed by atoms with Gasteiger partial charge < -0.3 is 5.32 Å². The first-order valence-corrected chi connectivity index (χ1v) is 9.15. The van der Waals surface area contributed by atoms with Crippen LogP contribution in [0, 0.1) is 10.8 Å². The fourth-order valence-corrected chi connectivity index (χ4v) is 2.95. The lowest BCUT2D eigenvalue weighted by Crippen LogP contribution is -2.42. The first-order valence-electron chi connectivity index (χ1n) is 9.15.